The van der Waals surface area contributed by atoms with Gasteiger partial charge in [0.1, 0.15) is 5.56 Å². The Bertz CT molecular complexity index is 453. The molecule has 0 spiro atoms. The van der Waals surface area contributed by atoms with Crippen LogP contribution in [0, 0.1) is 5.92 Å². The fourth-order valence-electron chi connectivity index (χ4n) is 2.43. The van der Waals surface area contributed by atoms with Crippen LogP contribution >= 0.6 is 0 Å². The number of aromatic nitrogens is 1. The third-order valence-electron chi connectivity index (χ3n) is 3.33. The Kier molecular flexibility index (Phi) is 3.61. The Morgan fingerprint density at radius 3 is 3.00 bits per heavy atom. The molecule has 1 heterocycles. The number of carbonyl (C=O) groups excluding carboxylic acids is 1. The lowest BCUT2D eigenvalue weighted by atomic mass is 9.87. The summed E-state index contributed by atoms with van der Waals surface area (Å²) in [6.45, 7) is 2.20. The van der Waals surface area contributed by atoms with Crippen molar-refractivity contribution < 1.29 is 4.79 Å². The molecule has 2 atom stereocenters. The van der Waals surface area contributed by atoms with Crippen molar-refractivity contribution in [1.82, 2.24) is 10.3 Å². The first-order valence-corrected chi connectivity index (χ1v) is 6.15. The van der Waals surface area contributed by atoms with Gasteiger partial charge in [0, 0.05) is 12.2 Å². The van der Waals surface area contributed by atoms with Gasteiger partial charge in [0.05, 0.1) is 0 Å². The molecular formula is C13H18N2O2. The fraction of sp³-hybridized carbons (Fsp3) is 0.538. The lowest BCUT2D eigenvalue weighted by molar-refractivity contribution is 0.0920. The maximum absolute atomic E-state index is 11.9. The zero-order valence-electron chi connectivity index (χ0n) is 10.0. The zero-order chi connectivity index (χ0) is 12.3. The Morgan fingerprint density at radius 2 is 2.29 bits per heavy atom. The van der Waals surface area contributed by atoms with Crippen molar-refractivity contribution in [1.29, 1.82) is 0 Å². The van der Waals surface area contributed by atoms with Crippen molar-refractivity contribution in [3.63, 3.8) is 0 Å². The standard InChI is InChI=1S/C13H18N2O2/c1-9-4-2-5-10(8-9)15-13(17)11-6-3-7-14-12(11)16/h3,6-7,9-10H,2,4-5,8H2,1H3,(H,14,16)(H,15,17). The van der Waals surface area contributed by atoms with Gasteiger partial charge in [0.15, 0.2) is 0 Å². The van der Waals surface area contributed by atoms with E-state index in [1.165, 1.54) is 12.6 Å². The van der Waals surface area contributed by atoms with E-state index < -0.39 is 0 Å². The van der Waals surface area contributed by atoms with E-state index >= 15 is 0 Å². The number of H-pyrrole nitrogens is 1. The second-order valence-corrected chi connectivity index (χ2v) is 4.86. The number of nitrogens with one attached hydrogen (secondary N) is 2. The molecule has 0 saturated heterocycles. The van der Waals surface area contributed by atoms with Gasteiger partial charge >= 0.3 is 0 Å². The summed E-state index contributed by atoms with van der Waals surface area (Å²) in [7, 11) is 0. The van der Waals surface area contributed by atoms with Gasteiger partial charge in [0.25, 0.3) is 11.5 Å². The number of aromatic amines is 1. The van der Waals surface area contributed by atoms with Crippen LogP contribution in [0.1, 0.15) is 43.0 Å². The topological polar surface area (TPSA) is 62.0 Å². The van der Waals surface area contributed by atoms with Crippen LogP contribution in [0.15, 0.2) is 23.1 Å². The van der Waals surface area contributed by atoms with Gasteiger partial charge in [-0.2, -0.15) is 0 Å². The zero-order valence-corrected chi connectivity index (χ0v) is 10.0. The summed E-state index contributed by atoms with van der Waals surface area (Å²) in [6.07, 6.45) is 5.94. The fourth-order valence-corrected chi connectivity index (χ4v) is 2.43. The van der Waals surface area contributed by atoms with Crippen molar-refractivity contribution in [2.45, 2.75) is 38.6 Å². The van der Waals surface area contributed by atoms with Crippen LogP contribution < -0.4 is 10.9 Å². The van der Waals surface area contributed by atoms with Crippen LogP contribution in [0.25, 0.3) is 0 Å². The van der Waals surface area contributed by atoms with Crippen molar-refractivity contribution in [3.05, 3.63) is 34.2 Å². The third kappa shape index (κ3) is 2.96. The Morgan fingerprint density at radius 1 is 1.47 bits per heavy atom. The summed E-state index contributed by atoms with van der Waals surface area (Å²) in [4.78, 5) is 25.9. The Balaban J connectivity index is 2.02. The molecule has 0 radical (unpaired) electrons. The van der Waals surface area contributed by atoms with Gasteiger partial charge in [-0.05, 0) is 30.9 Å². The van der Waals surface area contributed by atoms with Crippen LogP contribution in [0.5, 0.6) is 0 Å². The van der Waals surface area contributed by atoms with E-state index in [2.05, 4.69) is 17.2 Å². The predicted molar refractivity (Wildman–Crippen MR) is 65.9 cm³/mol. The molecule has 0 bridgehead atoms. The lowest BCUT2D eigenvalue weighted by Gasteiger charge is -2.27. The summed E-state index contributed by atoms with van der Waals surface area (Å²) in [5.41, 5.74) is -0.125. The monoisotopic (exact) mass is 234 g/mol. The van der Waals surface area contributed by atoms with Crippen LogP contribution in [0.4, 0.5) is 0 Å². The Labute approximate surface area is 100 Å². The largest absolute Gasteiger partial charge is 0.349 e. The molecule has 1 saturated carbocycles. The molecule has 4 heteroatoms. The number of hydrogen-bond donors (Lipinski definition) is 2. The molecule has 92 valence electrons. The van der Waals surface area contributed by atoms with Gasteiger partial charge in [-0.3, -0.25) is 9.59 Å². The van der Waals surface area contributed by atoms with Crippen LogP contribution in [0.3, 0.4) is 0 Å². The summed E-state index contributed by atoms with van der Waals surface area (Å²) in [6, 6.07) is 3.44. The molecule has 4 nitrogen and oxygen atoms in total. The van der Waals surface area contributed by atoms with E-state index in [1.807, 2.05) is 0 Å². The van der Waals surface area contributed by atoms with Crippen molar-refractivity contribution in [2.75, 3.05) is 0 Å². The molecule has 17 heavy (non-hydrogen) atoms. The second-order valence-electron chi connectivity index (χ2n) is 4.86. The van der Waals surface area contributed by atoms with Crippen molar-refractivity contribution >= 4 is 5.91 Å². The SMILES string of the molecule is CC1CCCC(NC(=O)c2ccc[nH]c2=O)C1. The van der Waals surface area contributed by atoms with Gasteiger partial charge in [-0.1, -0.05) is 19.8 Å². The predicted octanol–water partition coefficient (Wildman–Crippen LogP) is 1.68. The highest BCUT2D eigenvalue weighted by atomic mass is 16.2. The van der Waals surface area contributed by atoms with E-state index in [0.717, 1.165) is 19.3 Å². The number of carbonyl (C=O) groups is 1. The molecule has 0 aliphatic heterocycles. The lowest BCUT2D eigenvalue weighted by Crippen LogP contribution is -2.39. The number of pyridine rings is 1. The van der Waals surface area contributed by atoms with E-state index in [4.69, 9.17) is 0 Å². The van der Waals surface area contributed by atoms with E-state index in [1.54, 1.807) is 12.1 Å². The maximum Gasteiger partial charge on any atom is 0.260 e. The Hall–Kier alpha value is -1.58. The molecule has 2 N–H and O–H groups in total. The first-order chi connectivity index (χ1) is 8.16. The summed E-state index contributed by atoms with van der Waals surface area (Å²) in [5.74, 6) is 0.397. The molecule has 1 aliphatic rings. The maximum atomic E-state index is 11.9. The quantitative estimate of drug-likeness (QED) is 0.818. The highest BCUT2D eigenvalue weighted by Crippen LogP contribution is 2.23. The summed E-state index contributed by atoms with van der Waals surface area (Å²) >= 11 is 0. The smallest absolute Gasteiger partial charge is 0.260 e. The van der Waals surface area contributed by atoms with Gasteiger partial charge in [-0.15, -0.1) is 0 Å². The average Bonchev–Trinajstić information content (AvgIpc) is 2.29. The first-order valence-electron chi connectivity index (χ1n) is 6.15. The van der Waals surface area contributed by atoms with Gasteiger partial charge in [0.2, 0.25) is 0 Å². The molecule has 0 aromatic carbocycles. The summed E-state index contributed by atoms with van der Waals surface area (Å²) in [5, 5.41) is 2.95. The van der Waals surface area contributed by atoms with E-state index in [-0.39, 0.29) is 23.1 Å². The molecule has 1 aliphatic carbocycles. The minimum Gasteiger partial charge on any atom is -0.349 e. The first kappa shape index (κ1) is 11.9. The number of rotatable bonds is 2. The normalized spacial score (nSPS) is 24.3. The summed E-state index contributed by atoms with van der Waals surface area (Å²) < 4.78 is 0. The van der Waals surface area contributed by atoms with Gasteiger partial charge < -0.3 is 10.3 Å². The highest BCUT2D eigenvalue weighted by Gasteiger charge is 2.21. The molecule has 1 aromatic rings. The molecule has 1 amide bonds. The third-order valence-corrected chi connectivity index (χ3v) is 3.33. The molecule has 1 aromatic heterocycles. The molecule has 2 rings (SSSR count). The van der Waals surface area contributed by atoms with E-state index in [9.17, 15) is 9.59 Å². The van der Waals surface area contributed by atoms with Crippen molar-refractivity contribution in [3.8, 4) is 0 Å². The highest BCUT2D eigenvalue weighted by molar-refractivity contribution is 5.93. The van der Waals surface area contributed by atoms with E-state index in [0.29, 0.717) is 5.92 Å². The van der Waals surface area contributed by atoms with Crippen LogP contribution in [-0.4, -0.2) is 16.9 Å². The van der Waals surface area contributed by atoms with Crippen molar-refractivity contribution in [2.24, 2.45) is 5.92 Å². The number of amides is 1. The second kappa shape index (κ2) is 5.17. The molecule has 1 fully saturated rings. The minimum atomic E-state index is -0.325. The molecular weight excluding hydrogens is 216 g/mol. The molecule has 2 unspecified atom stereocenters. The van der Waals surface area contributed by atoms with Gasteiger partial charge in [-0.25, -0.2) is 0 Å². The number of hydrogen-bond acceptors (Lipinski definition) is 2. The minimum absolute atomic E-state index is 0.200. The van der Waals surface area contributed by atoms with Crippen LogP contribution in [0.2, 0.25) is 0 Å². The average molecular weight is 234 g/mol. The van der Waals surface area contributed by atoms with Crippen LogP contribution in [-0.2, 0) is 0 Å².